The molecule has 1 radical (unpaired) electrons. The van der Waals surface area contributed by atoms with Crippen LogP contribution in [0.5, 0.6) is 0 Å². The lowest BCUT2D eigenvalue weighted by Gasteiger charge is -2.37. The second kappa shape index (κ2) is 7.71. The van der Waals surface area contributed by atoms with Gasteiger partial charge in [-0.2, -0.15) is 0 Å². The molecule has 3 aromatic carbocycles. The summed E-state index contributed by atoms with van der Waals surface area (Å²) >= 11 is 0. The molecule has 2 nitrogen and oxygen atoms in total. The fraction of sp³-hybridized carbons (Fsp3) is 0.250. The summed E-state index contributed by atoms with van der Waals surface area (Å²) < 4.78 is 5.99. The first-order valence-electron chi connectivity index (χ1n) is 9.26. The molecule has 0 aromatic heterocycles. The summed E-state index contributed by atoms with van der Waals surface area (Å²) in [5.74, 6) is 0. The molecule has 0 fully saturated rings. The van der Waals surface area contributed by atoms with Crippen molar-refractivity contribution < 1.29 is 9.76 Å². The highest BCUT2D eigenvalue weighted by Gasteiger charge is 2.35. The SMILES string of the molecule is CC(C)(O)C(C)(C)O[B]c1cc(-c2ccccc2)cc(-c2ccccc2)c1. The summed E-state index contributed by atoms with van der Waals surface area (Å²) in [7, 11) is 1.75. The molecule has 0 saturated heterocycles. The molecular formula is C24H26BO2. The zero-order valence-electron chi connectivity index (χ0n) is 16.4. The molecule has 3 aromatic rings. The lowest BCUT2D eigenvalue weighted by Crippen LogP contribution is -2.49. The standard InChI is InChI=1S/C24H26BO2/c1-23(2,26)24(3,4)27-25-22-16-20(18-11-7-5-8-12-18)15-21(17-22)19-13-9-6-10-14-19/h5-17,26H,1-4H3. The van der Waals surface area contributed by atoms with Gasteiger partial charge in [-0.05, 0) is 56.0 Å². The third-order valence-electron chi connectivity index (χ3n) is 5.13. The van der Waals surface area contributed by atoms with Gasteiger partial charge in [0.1, 0.15) is 0 Å². The van der Waals surface area contributed by atoms with Gasteiger partial charge in [0.15, 0.2) is 0 Å². The third kappa shape index (κ3) is 4.68. The molecule has 0 bridgehead atoms. The minimum Gasteiger partial charge on any atom is -0.427 e. The van der Waals surface area contributed by atoms with E-state index in [0.29, 0.717) is 0 Å². The summed E-state index contributed by atoms with van der Waals surface area (Å²) in [5, 5.41) is 10.3. The van der Waals surface area contributed by atoms with Crippen molar-refractivity contribution in [3.63, 3.8) is 0 Å². The molecular weight excluding hydrogens is 331 g/mol. The van der Waals surface area contributed by atoms with Crippen molar-refractivity contribution in [1.82, 2.24) is 0 Å². The van der Waals surface area contributed by atoms with Crippen LogP contribution in [0.15, 0.2) is 78.9 Å². The van der Waals surface area contributed by atoms with Crippen molar-refractivity contribution in [2.24, 2.45) is 0 Å². The Balaban J connectivity index is 1.98. The van der Waals surface area contributed by atoms with Gasteiger partial charge in [0, 0.05) is 0 Å². The second-order valence-corrected chi connectivity index (χ2v) is 7.88. The maximum atomic E-state index is 10.3. The van der Waals surface area contributed by atoms with E-state index in [1.165, 1.54) is 0 Å². The van der Waals surface area contributed by atoms with Crippen LogP contribution in [-0.2, 0) is 4.65 Å². The van der Waals surface area contributed by atoms with Crippen molar-refractivity contribution in [1.29, 1.82) is 0 Å². The first-order valence-corrected chi connectivity index (χ1v) is 9.26. The van der Waals surface area contributed by atoms with Crippen LogP contribution in [0, 0.1) is 0 Å². The predicted octanol–water partition coefficient (Wildman–Crippen LogP) is 4.83. The van der Waals surface area contributed by atoms with E-state index in [9.17, 15) is 5.11 Å². The molecule has 0 aliphatic heterocycles. The van der Waals surface area contributed by atoms with Crippen LogP contribution < -0.4 is 5.46 Å². The first-order chi connectivity index (χ1) is 12.8. The van der Waals surface area contributed by atoms with Gasteiger partial charge in [-0.1, -0.05) is 78.3 Å². The Morgan fingerprint density at radius 2 is 1.11 bits per heavy atom. The average molecular weight is 357 g/mol. The van der Waals surface area contributed by atoms with Gasteiger partial charge < -0.3 is 9.76 Å². The number of aliphatic hydroxyl groups is 1. The van der Waals surface area contributed by atoms with Crippen molar-refractivity contribution in [3.05, 3.63) is 78.9 Å². The lowest BCUT2D eigenvalue weighted by molar-refractivity contribution is -0.0893. The van der Waals surface area contributed by atoms with Crippen LogP contribution in [0.2, 0.25) is 0 Å². The summed E-state index contributed by atoms with van der Waals surface area (Å²) in [6, 6.07) is 27.1. The van der Waals surface area contributed by atoms with E-state index in [2.05, 4.69) is 42.5 Å². The van der Waals surface area contributed by atoms with E-state index >= 15 is 0 Å². The Hall–Kier alpha value is -2.36. The zero-order valence-corrected chi connectivity index (χ0v) is 16.4. The van der Waals surface area contributed by atoms with Gasteiger partial charge in [-0.3, -0.25) is 0 Å². The van der Waals surface area contributed by atoms with Gasteiger partial charge in [0.25, 0.3) is 0 Å². The van der Waals surface area contributed by atoms with Crippen LogP contribution in [-0.4, -0.2) is 23.8 Å². The first kappa shape index (κ1) is 19.4. The summed E-state index contributed by atoms with van der Waals surface area (Å²) in [5.41, 5.74) is 3.89. The van der Waals surface area contributed by atoms with E-state index in [-0.39, 0.29) is 0 Å². The monoisotopic (exact) mass is 357 g/mol. The van der Waals surface area contributed by atoms with Gasteiger partial charge in [0.2, 0.25) is 0 Å². The van der Waals surface area contributed by atoms with Crippen molar-refractivity contribution in [2.45, 2.75) is 38.9 Å². The summed E-state index contributed by atoms with van der Waals surface area (Å²) in [6.07, 6.45) is 0. The molecule has 0 aliphatic carbocycles. The summed E-state index contributed by atoms with van der Waals surface area (Å²) in [6.45, 7) is 7.30. The molecule has 0 heterocycles. The molecule has 137 valence electrons. The number of rotatable bonds is 6. The molecule has 3 heteroatoms. The van der Waals surface area contributed by atoms with E-state index in [1.807, 2.05) is 50.2 Å². The maximum absolute atomic E-state index is 10.3. The molecule has 0 spiro atoms. The van der Waals surface area contributed by atoms with Gasteiger partial charge in [-0.15, -0.1) is 0 Å². The number of hydrogen-bond acceptors (Lipinski definition) is 2. The number of benzene rings is 3. The van der Waals surface area contributed by atoms with Crippen LogP contribution >= 0.6 is 0 Å². The average Bonchev–Trinajstić information content (AvgIpc) is 2.67. The van der Waals surface area contributed by atoms with Crippen LogP contribution in [0.1, 0.15) is 27.7 Å². The molecule has 27 heavy (non-hydrogen) atoms. The fourth-order valence-electron chi connectivity index (χ4n) is 2.67. The largest absolute Gasteiger partial charge is 0.427 e. The van der Waals surface area contributed by atoms with Crippen molar-refractivity contribution in [2.75, 3.05) is 0 Å². The highest BCUT2D eigenvalue weighted by Crippen LogP contribution is 2.27. The molecule has 0 aliphatic rings. The lowest BCUT2D eigenvalue weighted by atomic mass is 9.80. The van der Waals surface area contributed by atoms with Crippen LogP contribution in [0.3, 0.4) is 0 Å². The Morgan fingerprint density at radius 3 is 1.52 bits per heavy atom. The Bertz CT molecular complexity index is 824. The molecule has 0 amide bonds. The Morgan fingerprint density at radius 1 is 0.667 bits per heavy atom. The molecule has 0 atom stereocenters. The third-order valence-corrected chi connectivity index (χ3v) is 5.13. The quantitative estimate of drug-likeness (QED) is 0.640. The minimum absolute atomic E-state index is 0.706. The summed E-state index contributed by atoms with van der Waals surface area (Å²) in [4.78, 5) is 0. The topological polar surface area (TPSA) is 29.5 Å². The molecule has 0 saturated carbocycles. The van der Waals surface area contributed by atoms with Crippen LogP contribution in [0.25, 0.3) is 22.3 Å². The highest BCUT2D eigenvalue weighted by atomic mass is 16.5. The van der Waals surface area contributed by atoms with Gasteiger partial charge >= 0.3 is 7.48 Å². The Kier molecular flexibility index (Phi) is 5.55. The highest BCUT2D eigenvalue weighted by molar-refractivity contribution is 6.47. The predicted molar refractivity (Wildman–Crippen MR) is 114 cm³/mol. The second-order valence-electron chi connectivity index (χ2n) is 7.88. The van der Waals surface area contributed by atoms with Crippen molar-refractivity contribution in [3.8, 4) is 22.3 Å². The molecule has 1 N–H and O–H groups in total. The smallest absolute Gasteiger partial charge is 0.330 e. The fourth-order valence-corrected chi connectivity index (χ4v) is 2.67. The van der Waals surface area contributed by atoms with Gasteiger partial charge in [0.05, 0.1) is 11.2 Å². The maximum Gasteiger partial charge on any atom is 0.330 e. The van der Waals surface area contributed by atoms with E-state index in [4.69, 9.17) is 4.65 Å². The number of hydrogen-bond donors (Lipinski definition) is 1. The molecule has 3 rings (SSSR count). The van der Waals surface area contributed by atoms with Crippen molar-refractivity contribution >= 4 is 12.9 Å². The van der Waals surface area contributed by atoms with Gasteiger partial charge in [-0.25, -0.2) is 0 Å². The Labute approximate surface area is 163 Å². The van der Waals surface area contributed by atoms with E-state index in [1.54, 1.807) is 21.3 Å². The zero-order chi connectivity index (χ0) is 19.5. The molecule has 0 unspecified atom stereocenters. The van der Waals surface area contributed by atoms with Crippen LogP contribution in [0.4, 0.5) is 0 Å². The minimum atomic E-state index is -0.956. The van der Waals surface area contributed by atoms with E-state index < -0.39 is 11.2 Å². The normalized spacial score (nSPS) is 12.0. The van der Waals surface area contributed by atoms with E-state index in [0.717, 1.165) is 27.7 Å².